The molecule has 24 heavy (non-hydrogen) atoms. The summed E-state index contributed by atoms with van der Waals surface area (Å²) in [6.45, 7) is 0.0612. The molecule has 1 saturated carbocycles. The molecule has 0 amide bonds. The Balaban J connectivity index is 2.03. The Labute approximate surface area is 145 Å². The van der Waals surface area contributed by atoms with Crippen LogP contribution in [0.3, 0.4) is 0 Å². The maximum atomic E-state index is 13.5. The minimum Gasteiger partial charge on any atom is -0.383 e. The zero-order valence-corrected chi connectivity index (χ0v) is 14.5. The van der Waals surface area contributed by atoms with E-state index in [2.05, 4.69) is 0 Å². The normalized spacial score (nSPS) is 26.3. The van der Waals surface area contributed by atoms with E-state index >= 15 is 0 Å². The number of benzene rings is 2. The highest BCUT2D eigenvalue weighted by atomic mass is 35.5. The van der Waals surface area contributed by atoms with Crippen LogP contribution in [0.25, 0.3) is 0 Å². The number of sulfone groups is 1. The number of hydrogen-bond donors (Lipinski definition) is 1. The van der Waals surface area contributed by atoms with Crippen molar-refractivity contribution in [1.82, 2.24) is 0 Å². The van der Waals surface area contributed by atoms with Gasteiger partial charge in [-0.05, 0) is 42.0 Å². The fourth-order valence-electron chi connectivity index (χ4n) is 3.27. The standard InChI is InChI=1S/C17H17ClFNO3S/c1-23-10-17(20)15(11-3-2-4-13(19)9-11)16(17)24(21,22)14-7-5-12(18)6-8-14/h2-9,15-16H,10,20H2,1H3. The first-order valence-electron chi connectivity index (χ1n) is 7.33. The van der Waals surface area contributed by atoms with Gasteiger partial charge >= 0.3 is 0 Å². The lowest BCUT2D eigenvalue weighted by Crippen LogP contribution is -2.35. The van der Waals surface area contributed by atoms with E-state index in [9.17, 15) is 12.8 Å². The van der Waals surface area contributed by atoms with Crippen LogP contribution in [0.2, 0.25) is 5.02 Å². The summed E-state index contributed by atoms with van der Waals surface area (Å²) in [4.78, 5) is 0.140. The average Bonchev–Trinajstić information content (AvgIpc) is 3.14. The second-order valence-electron chi connectivity index (χ2n) is 6.00. The van der Waals surface area contributed by atoms with Gasteiger partial charge in [-0.3, -0.25) is 0 Å². The number of rotatable bonds is 5. The second kappa shape index (κ2) is 6.11. The van der Waals surface area contributed by atoms with Gasteiger partial charge in [0, 0.05) is 18.1 Å². The van der Waals surface area contributed by atoms with Crippen LogP contribution in [0.4, 0.5) is 4.39 Å². The predicted octanol–water partition coefficient (Wildman–Crippen LogP) is 2.76. The van der Waals surface area contributed by atoms with E-state index in [-0.39, 0.29) is 11.5 Å². The highest BCUT2D eigenvalue weighted by molar-refractivity contribution is 7.92. The molecule has 0 aliphatic heterocycles. The number of halogens is 2. The quantitative estimate of drug-likeness (QED) is 0.879. The Kier molecular flexibility index (Phi) is 4.42. The minimum atomic E-state index is -3.71. The summed E-state index contributed by atoms with van der Waals surface area (Å²) in [5.41, 5.74) is 5.79. The molecule has 128 valence electrons. The van der Waals surface area contributed by atoms with Crippen molar-refractivity contribution in [3.05, 3.63) is 64.9 Å². The zero-order valence-electron chi connectivity index (χ0n) is 12.9. The smallest absolute Gasteiger partial charge is 0.183 e. The van der Waals surface area contributed by atoms with Crippen LogP contribution in [0.1, 0.15) is 11.5 Å². The Hall–Kier alpha value is -1.47. The lowest BCUT2D eigenvalue weighted by atomic mass is 10.1. The molecule has 0 bridgehead atoms. The van der Waals surface area contributed by atoms with Crippen molar-refractivity contribution in [2.75, 3.05) is 13.7 Å². The lowest BCUT2D eigenvalue weighted by Gasteiger charge is -2.11. The van der Waals surface area contributed by atoms with Gasteiger partial charge in [-0.1, -0.05) is 23.7 Å². The third-order valence-corrected chi connectivity index (χ3v) is 6.94. The molecule has 7 heteroatoms. The number of nitrogens with two attached hydrogens (primary N) is 1. The highest BCUT2D eigenvalue weighted by Crippen LogP contribution is 2.55. The molecule has 1 fully saturated rings. The van der Waals surface area contributed by atoms with Crippen LogP contribution in [0.5, 0.6) is 0 Å². The monoisotopic (exact) mass is 369 g/mol. The Morgan fingerprint density at radius 3 is 2.50 bits per heavy atom. The fourth-order valence-corrected chi connectivity index (χ4v) is 5.69. The molecule has 3 unspecified atom stereocenters. The van der Waals surface area contributed by atoms with E-state index in [1.165, 1.54) is 43.5 Å². The van der Waals surface area contributed by atoms with Gasteiger partial charge in [0.25, 0.3) is 0 Å². The topological polar surface area (TPSA) is 69.4 Å². The van der Waals surface area contributed by atoms with Crippen molar-refractivity contribution in [2.24, 2.45) is 5.73 Å². The third-order valence-electron chi connectivity index (χ3n) is 4.38. The van der Waals surface area contributed by atoms with Crippen molar-refractivity contribution in [3.63, 3.8) is 0 Å². The number of ether oxygens (including phenoxy) is 1. The minimum absolute atomic E-state index is 0.0612. The van der Waals surface area contributed by atoms with Gasteiger partial charge in [-0.15, -0.1) is 0 Å². The Bertz CT molecular complexity index is 856. The molecule has 2 N–H and O–H groups in total. The molecular weight excluding hydrogens is 353 g/mol. The fraction of sp³-hybridized carbons (Fsp3) is 0.294. The van der Waals surface area contributed by atoms with Crippen LogP contribution in [-0.2, 0) is 14.6 Å². The maximum Gasteiger partial charge on any atom is 0.183 e. The van der Waals surface area contributed by atoms with Crippen molar-refractivity contribution in [3.8, 4) is 0 Å². The SMILES string of the molecule is COCC1(N)C(c2cccc(F)c2)C1S(=O)(=O)c1ccc(Cl)cc1. The molecule has 0 heterocycles. The lowest BCUT2D eigenvalue weighted by molar-refractivity contribution is 0.171. The second-order valence-corrected chi connectivity index (χ2v) is 8.50. The van der Waals surface area contributed by atoms with Crippen LogP contribution in [-0.4, -0.2) is 32.9 Å². The maximum absolute atomic E-state index is 13.5. The molecule has 1 aliphatic rings. The third kappa shape index (κ3) is 2.84. The zero-order chi connectivity index (χ0) is 17.5. The molecule has 3 rings (SSSR count). The number of hydrogen-bond acceptors (Lipinski definition) is 4. The van der Waals surface area contributed by atoms with Gasteiger partial charge in [0.05, 0.1) is 22.3 Å². The van der Waals surface area contributed by atoms with Crippen molar-refractivity contribution in [1.29, 1.82) is 0 Å². The van der Waals surface area contributed by atoms with Gasteiger partial charge < -0.3 is 10.5 Å². The highest BCUT2D eigenvalue weighted by Gasteiger charge is 2.69. The van der Waals surface area contributed by atoms with Crippen molar-refractivity contribution >= 4 is 21.4 Å². The summed E-state index contributed by atoms with van der Waals surface area (Å²) in [5, 5.41) is -0.435. The van der Waals surface area contributed by atoms with E-state index in [1.54, 1.807) is 12.1 Å². The van der Waals surface area contributed by atoms with Crippen molar-refractivity contribution in [2.45, 2.75) is 21.6 Å². The van der Waals surface area contributed by atoms with E-state index in [1.807, 2.05) is 0 Å². The summed E-state index contributed by atoms with van der Waals surface area (Å²) in [5.74, 6) is -0.962. The van der Waals surface area contributed by atoms with Gasteiger partial charge in [-0.2, -0.15) is 0 Å². The van der Waals surface area contributed by atoms with E-state index < -0.39 is 32.4 Å². The van der Waals surface area contributed by atoms with Gasteiger partial charge in [0.1, 0.15) is 5.82 Å². The molecular formula is C17H17ClFNO3S. The number of methoxy groups -OCH3 is 1. The summed E-state index contributed by atoms with van der Waals surface area (Å²) < 4.78 is 44.7. The molecule has 0 saturated heterocycles. The van der Waals surface area contributed by atoms with Crippen LogP contribution in [0.15, 0.2) is 53.4 Å². The first-order valence-corrected chi connectivity index (χ1v) is 9.26. The van der Waals surface area contributed by atoms with Crippen LogP contribution in [0, 0.1) is 5.82 Å². The summed E-state index contributed by atoms with van der Waals surface area (Å²) >= 11 is 5.82. The van der Waals surface area contributed by atoms with Gasteiger partial charge in [0.2, 0.25) is 0 Å². The molecule has 0 aromatic heterocycles. The van der Waals surface area contributed by atoms with E-state index in [0.29, 0.717) is 10.6 Å². The van der Waals surface area contributed by atoms with Crippen LogP contribution < -0.4 is 5.73 Å². The molecule has 0 spiro atoms. The van der Waals surface area contributed by atoms with E-state index in [0.717, 1.165) is 0 Å². The first kappa shape index (κ1) is 17.4. The molecule has 0 radical (unpaired) electrons. The summed E-state index contributed by atoms with van der Waals surface area (Å²) in [7, 11) is -2.25. The summed E-state index contributed by atoms with van der Waals surface area (Å²) in [6, 6.07) is 11.8. The van der Waals surface area contributed by atoms with Crippen LogP contribution >= 0.6 is 11.6 Å². The summed E-state index contributed by atoms with van der Waals surface area (Å²) in [6.07, 6.45) is 0. The first-order chi connectivity index (χ1) is 11.3. The predicted molar refractivity (Wildman–Crippen MR) is 90.4 cm³/mol. The molecule has 2 aromatic rings. The molecule has 1 aliphatic carbocycles. The Morgan fingerprint density at radius 1 is 1.25 bits per heavy atom. The van der Waals surface area contributed by atoms with Gasteiger partial charge in [-0.25, -0.2) is 12.8 Å². The van der Waals surface area contributed by atoms with E-state index in [4.69, 9.17) is 22.1 Å². The molecule has 2 aromatic carbocycles. The molecule has 4 nitrogen and oxygen atoms in total. The van der Waals surface area contributed by atoms with Gasteiger partial charge in [0.15, 0.2) is 9.84 Å². The largest absolute Gasteiger partial charge is 0.383 e. The Morgan fingerprint density at radius 2 is 1.92 bits per heavy atom. The van der Waals surface area contributed by atoms with Crippen molar-refractivity contribution < 1.29 is 17.5 Å². The molecule has 3 atom stereocenters. The average molecular weight is 370 g/mol.